The van der Waals surface area contributed by atoms with Gasteiger partial charge in [-0.2, -0.15) is 4.98 Å². The van der Waals surface area contributed by atoms with Crippen molar-refractivity contribution in [2.45, 2.75) is 24.7 Å². The first kappa shape index (κ1) is 9.80. The number of rotatable bonds is 2. The van der Waals surface area contributed by atoms with E-state index in [0.29, 0.717) is 5.92 Å². The van der Waals surface area contributed by atoms with Crippen molar-refractivity contribution in [3.05, 3.63) is 22.7 Å². The van der Waals surface area contributed by atoms with Crippen LogP contribution in [0.15, 0.2) is 17.1 Å². The smallest absolute Gasteiger partial charge is 0.351 e. The molecule has 3 rings (SSSR count). The van der Waals surface area contributed by atoms with Crippen LogP contribution in [0.3, 0.4) is 0 Å². The van der Waals surface area contributed by atoms with Crippen LogP contribution in [0.25, 0.3) is 0 Å². The summed E-state index contributed by atoms with van der Waals surface area (Å²) in [6.07, 6.45) is 3.07. The minimum Gasteiger partial charge on any atom is -0.394 e. The van der Waals surface area contributed by atoms with E-state index in [1.807, 2.05) is 0 Å². The highest BCUT2D eigenvalue weighted by Crippen LogP contribution is 2.59. The maximum Gasteiger partial charge on any atom is 0.351 e. The van der Waals surface area contributed by atoms with Crippen molar-refractivity contribution in [2.24, 2.45) is 5.92 Å². The molecule has 86 valence electrons. The molecule has 16 heavy (non-hydrogen) atoms. The number of fused-ring (bicyclic) bond motifs is 1. The molecule has 2 fully saturated rings. The van der Waals surface area contributed by atoms with Crippen molar-refractivity contribution in [2.75, 3.05) is 12.3 Å². The first-order valence-corrected chi connectivity index (χ1v) is 5.30. The van der Waals surface area contributed by atoms with Gasteiger partial charge in [0.1, 0.15) is 5.82 Å². The predicted octanol–water partition coefficient (Wildman–Crippen LogP) is -0.721. The molecule has 3 N–H and O–H groups in total. The van der Waals surface area contributed by atoms with Crippen molar-refractivity contribution in [1.82, 2.24) is 9.55 Å². The molecule has 0 aromatic carbocycles. The number of ether oxygens (including phenoxy) is 1. The number of aliphatic hydroxyl groups excluding tert-OH is 1. The molecule has 6 heteroatoms. The normalized spacial score (nSPS) is 36.1. The summed E-state index contributed by atoms with van der Waals surface area (Å²) in [5.41, 5.74) is 4.48. The van der Waals surface area contributed by atoms with Crippen LogP contribution in [-0.4, -0.2) is 27.4 Å². The molecular weight excluding hydrogens is 210 g/mol. The number of aliphatic hydroxyl groups is 1. The number of nitrogen functional groups attached to an aromatic ring is 1. The molecule has 1 aliphatic heterocycles. The SMILES string of the molecule is Nc1ccn([C@@]23CC2C[C@@H](CO)O3)c(=O)n1. The Labute approximate surface area is 91.7 Å². The fraction of sp³-hybridized carbons (Fsp3) is 0.600. The molecular formula is C10H13N3O3. The molecule has 1 aromatic rings. The molecule has 1 saturated heterocycles. The number of anilines is 1. The van der Waals surface area contributed by atoms with Gasteiger partial charge in [-0.1, -0.05) is 0 Å². The van der Waals surface area contributed by atoms with Crippen molar-refractivity contribution in [1.29, 1.82) is 0 Å². The van der Waals surface area contributed by atoms with E-state index in [-0.39, 0.29) is 24.2 Å². The van der Waals surface area contributed by atoms with E-state index in [0.717, 1.165) is 12.8 Å². The highest BCUT2D eigenvalue weighted by atomic mass is 16.6. The highest BCUT2D eigenvalue weighted by Gasteiger charge is 2.64. The molecule has 1 aliphatic carbocycles. The first-order chi connectivity index (χ1) is 7.65. The Kier molecular flexibility index (Phi) is 1.87. The standard InChI is InChI=1S/C10H13N3O3/c11-8-1-2-13(9(15)12-8)10-4-6(10)3-7(5-14)16-10/h1-2,6-7,14H,3-5H2,(H2,11,12,15)/t6?,7-,10+/m0/s1. The summed E-state index contributed by atoms with van der Waals surface area (Å²) in [6.45, 7) is -0.00456. The molecule has 0 amide bonds. The Bertz CT molecular complexity index is 486. The van der Waals surface area contributed by atoms with E-state index in [1.54, 1.807) is 12.3 Å². The third-order valence-corrected chi connectivity index (χ3v) is 3.37. The summed E-state index contributed by atoms with van der Waals surface area (Å²) in [6, 6.07) is 1.58. The molecule has 2 heterocycles. The monoisotopic (exact) mass is 223 g/mol. The second kappa shape index (κ2) is 3.05. The van der Waals surface area contributed by atoms with Crippen LogP contribution in [0.1, 0.15) is 12.8 Å². The molecule has 1 aromatic heterocycles. The molecule has 1 unspecified atom stereocenters. The summed E-state index contributed by atoms with van der Waals surface area (Å²) < 4.78 is 7.20. The zero-order valence-corrected chi connectivity index (χ0v) is 8.67. The second-order valence-electron chi connectivity index (χ2n) is 4.41. The number of hydrogen-bond donors (Lipinski definition) is 2. The van der Waals surface area contributed by atoms with Crippen molar-refractivity contribution < 1.29 is 9.84 Å². The number of nitrogens with zero attached hydrogens (tertiary/aromatic N) is 2. The largest absolute Gasteiger partial charge is 0.394 e. The molecule has 0 bridgehead atoms. The molecule has 3 atom stereocenters. The zero-order chi connectivity index (χ0) is 11.3. The molecule has 1 saturated carbocycles. The van der Waals surface area contributed by atoms with Gasteiger partial charge < -0.3 is 15.6 Å². The average molecular weight is 223 g/mol. The third kappa shape index (κ3) is 1.20. The van der Waals surface area contributed by atoms with Gasteiger partial charge in [0.05, 0.1) is 12.7 Å². The van der Waals surface area contributed by atoms with E-state index in [2.05, 4.69) is 4.98 Å². The van der Waals surface area contributed by atoms with E-state index >= 15 is 0 Å². The highest BCUT2D eigenvalue weighted by molar-refractivity contribution is 5.24. The Morgan fingerprint density at radius 2 is 2.56 bits per heavy atom. The van der Waals surface area contributed by atoms with E-state index in [4.69, 9.17) is 15.6 Å². The lowest BCUT2D eigenvalue weighted by Crippen LogP contribution is -2.35. The lowest BCUT2D eigenvalue weighted by atomic mass is 10.2. The topological polar surface area (TPSA) is 90.4 Å². The van der Waals surface area contributed by atoms with Crippen molar-refractivity contribution in [3.8, 4) is 0 Å². The molecule has 2 aliphatic rings. The first-order valence-electron chi connectivity index (χ1n) is 5.30. The lowest BCUT2D eigenvalue weighted by molar-refractivity contribution is -0.0658. The fourth-order valence-corrected chi connectivity index (χ4v) is 2.53. The second-order valence-corrected chi connectivity index (χ2v) is 4.41. The van der Waals surface area contributed by atoms with Gasteiger partial charge in [-0.05, 0) is 12.5 Å². The Morgan fingerprint density at radius 3 is 3.19 bits per heavy atom. The predicted molar refractivity (Wildman–Crippen MR) is 55.6 cm³/mol. The fourth-order valence-electron chi connectivity index (χ4n) is 2.53. The van der Waals surface area contributed by atoms with Gasteiger partial charge in [0, 0.05) is 18.5 Å². The Morgan fingerprint density at radius 1 is 1.75 bits per heavy atom. The minimum absolute atomic E-state index is 0.00456. The van der Waals surface area contributed by atoms with Crippen LogP contribution >= 0.6 is 0 Å². The molecule has 6 nitrogen and oxygen atoms in total. The maximum atomic E-state index is 11.7. The summed E-state index contributed by atoms with van der Waals surface area (Å²) in [7, 11) is 0. The van der Waals surface area contributed by atoms with Crippen molar-refractivity contribution in [3.63, 3.8) is 0 Å². The van der Waals surface area contributed by atoms with Crippen LogP contribution in [0, 0.1) is 5.92 Å². The van der Waals surface area contributed by atoms with Gasteiger partial charge >= 0.3 is 5.69 Å². The Hall–Kier alpha value is -1.40. The number of nitrogens with two attached hydrogens (primary N) is 1. The lowest BCUT2D eigenvalue weighted by Gasteiger charge is -2.18. The number of aromatic nitrogens is 2. The zero-order valence-electron chi connectivity index (χ0n) is 8.67. The van der Waals surface area contributed by atoms with E-state index < -0.39 is 5.72 Å². The molecule has 0 radical (unpaired) electrons. The van der Waals surface area contributed by atoms with Gasteiger partial charge in [-0.15, -0.1) is 0 Å². The van der Waals surface area contributed by atoms with E-state index in [1.165, 1.54) is 4.57 Å². The van der Waals surface area contributed by atoms with Crippen LogP contribution in [0.4, 0.5) is 5.82 Å². The summed E-state index contributed by atoms with van der Waals surface area (Å²) in [5, 5.41) is 9.03. The number of hydrogen-bond acceptors (Lipinski definition) is 5. The van der Waals surface area contributed by atoms with E-state index in [9.17, 15) is 4.79 Å². The van der Waals surface area contributed by atoms with Gasteiger partial charge in [-0.3, -0.25) is 4.57 Å². The summed E-state index contributed by atoms with van der Waals surface area (Å²) in [4.78, 5) is 15.4. The average Bonchev–Trinajstić information content (AvgIpc) is 2.81. The van der Waals surface area contributed by atoms with Crippen LogP contribution in [0.2, 0.25) is 0 Å². The van der Waals surface area contributed by atoms with Gasteiger partial charge in [-0.25, -0.2) is 4.79 Å². The van der Waals surface area contributed by atoms with Gasteiger partial charge in [0.15, 0.2) is 5.72 Å². The quantitative estimate of drug-likeness (QED) is 0.690. The van der Waals surface area contributed by atoms with Crippen molar-refractivity contribution >= 4 is 5.82 Å². The minimum atomic E-state index is -0.564. The van der Waals surface area contributed by atoms with Crippen LogP contribution < -0.4 is 11.4 Å². The maximum absolute atomic E-state index is 11.7. The summed E-state index contributed by atoms with van der Waals surface area (Å²) in [5.74, 6) is 0.527. The summed E-state index contributed by atoms with van der Waals surface area (Å²) >= 11 is 0. The van der Waals surface area contributed by atoms with Crippen LogP contribution in [0.5, 0.6) is 0 Å². The molecule has 0 spiro atoms. The van der Waals surface area contributed by atoms with Crippen LogP contribution in [-0.2, 0) is 10.5 Å². The van der Waals surface area contributed by atoms with Gasteiger partial charge in [0.2, 0.25) is 0 Å². The Balaban J connectivity index is 1.97. The van der Waals surface area contributed by atoms with Gasteiger partial charge in [0.25, 0.3) is 0 Å². The third-order valence-electron chi connectivity index (χ3n) is 3.37.